The van der Waals surface area contributed by atoms with Crippen LogP contribution in [0, 0.1) is 6.92 Å². The molecule has 0 aliphatic carbocycles. The molecular formula is C9H10N2O2S. The average molecular weight is 210 g/mol. The summed E-state index contributed by atoms with van der Waals surface area (Å²) >= 11 is 4.49. The van der Waals surface area contributed by atoms with E-state index in [4.69, 9.17) is 0 Å². The highest BCUT2D eigenvalue weighted by molar-refractivity contribution is 7.78. The number of aryl methyl sites for hydroxylation is 1. The zero-order valence-electron chi connectivity index (χ0n) is 8.20. The van der Waals surface area contributed by atoms with E-state index >= 15 is 0 Å². The number of carbonyl (C=O) groups is 1. The molecule has 1 heterocycles. The van der Waals surface area contributed by atoms with Gasteiger partial charge in [-0.15, -0.1) is 0 Å². The fraction of sp³-hybridized carbons (Fsp3) is 0.333. The molecule has 0 N–H and O–H groups in total. The zero-order chi connectivity index (χ0) is 10.7. The number of esters is 1. The zero-order valence-corrected chi connectivity index (χ0v) is 9.01. The first-order valence-corrected chi connectivity index (χ1v) is 4.35. The monoisotopic (exact) mass is 210 g/mol. The first-order chi connectivity index (χ1) is 6.61. The number of nitrogens with zero attached hydrogens (tertiary/aromatic N) is 2. The Kier molecular flexibility index (Phi) is 3.17. The Morgan fingerprint density at radius 2 is 2.36 bits per heavy atom. The van der Waals surface area contributed by atoms with Crippen molar-refractivity contribution in [1.82, 2.24) is 4.57 Å². The summed E-state index contributed by atoms with van der Waals surface area (Å²) in [6.07, 6.45) is 0. The molecule has 1 aromatic rings. The van der Waals surface area contributed by atoms with Gasteiger partial charge in [-0.05, 0) is 25.2 Å². The number of ether oxygens (including phenoxy) is 1. The number of rotatable bonds is 2. The molecule has 0 radical (unpaired) electrons. The minimum Gasteiger partial charge on any atom is -0.464 e. The third-order valence-corrected chi connectivity index (χ3v) is 2.09. The van der Waals surface area contributed by atoms with E-state index < -0.39 is 5.97 Å². The summed E-state index contributed by atoms with van der Waals surface area (Å²) in [5.74, 6) is -0.426. The largest absolute Gasteiger partial charge is 0.464 e. The van der Waals surface area contributed by atoms with Gasteiger partial charge in [0.1, 0.15) is 5.69 Å². The van der Waals surface area contributed by atoms with Gasteiger partial charge in [0.05, 0.1) is 12.3 Å². The van der Waals surface area contributed by atoms with Crippen LogP contribution in [0.2, 0.25) is 0 Å². The molecule has 0 aliphatic rings. The number of isothiocyanates is 1. The van der Waals surface area contributed by atoms with Crippen molar-refractivity contribution < 1.29 is 9.53 Å². The van der Waals surface area contributed by atoms with E-state index in [1.54, 1.807) is 17.7 Å². The minimum absolute atomic E-state index is 0.391. The van der Waals surface area contributed by atoms with Crippen molar-refractivity contribution in [3.05, 3.63) is 17.5 Å². The van der Waals surface area contributed by atoms with Crippen LogP contribution in [0.15, 0.2) is 11.1 Å². The summed E-state index contributed by atoms with van der Waals surface area (Å²) in [5, 5.41) is 2.23. The Hall–Kier alpha value is -1.45. The van der Waals surface area contributed by atoms with Crippen LogP contribution in [0.1, 0.15) is 16.2 Å². The Morgan fingerprint density at radius 1 is 1.71 bits per heavy atom. The van der Waals surface area contributed by atoms with Gasteiger partial charge in [0.15, 0.2) is 5.69 Å². The molecule has 1 aromatic heterocycles. The van der Waals surface area contributed by atoms with Crippen molar-refractivity contribution in [1.29, 1.82) is 0 Å². The van der Waals surface area contributed by atoms with Gasteiger partial charge in [0.25, 0.3) is 0 Å². The van der Waals surface area contributed by atoms with E-state index in [9.17, 15) is 4.79 Å². The molecule has 4 nitrogen and oxygen atoms in total. The van der Waals surface area contributed by atoms with Gasteiger partial charge >= 0.3 is 5.97 Å². The lowest BCUT2D eigenvalue weighted by Gasteiger charge is -2.02. The van der Waals surface area contributed by atoms with Gasteiger partial charge in [0.2, 0.25) is 0 Å². The topological polar surface area (TPSA) is 43.6 Å². The number of aliphatic imine (C=N–C) groups is 1. The maximum Gasteiger partial charge on any atom is 0.356 e. The summed E-state index contributed by atoms with van der Waals surface area (Å²) in [6, 6.07) is 1.76. The Bertz CT molecular complexity index is 417. The molecule has 0 amide bonds. The average Bonchev–Trinajstić information content (AvgIpc) is 2.43. The molecule has 0 aromatic carbocycles. The normalized spacial score (nSPS) is 9.36. The van der Waals surface area contributed by atoms with Crippen LogP contribution in [0.5, 0.6) is 0 Å². The molecule has 0 unspecified atom stereocenters. The second-order valence-corrected chi connectivity index (χ2v) is 2.96. The molecule has 1 rings (SSSR count). The predicted octanol–water partition coefficient (Wildman–Crippen LogP) is 1.85. The molecular weight excluding hydrogens is 200 g/mol. The number of methoxy groups -OCH3 is 1. The number of hydrogen-bond donors (Lipinski definition) is 0. The fourth-order valence-corrected chi connectivity index (χ4v) is 1.28. The molecule has 0 fully saturated rings. The molecule has 14 heavy (non-hydrogen) atoms. The van der Waals surface area contributed by atoms with Crippen LogP contribution in [0.25, 0.3) is 0 Å². The quantitative estimate of drug-likeness (QED) is 0.425. The molecule has 0 saturated carbocycles. The molecule has 0 saturated heterocycles. The molecule has 0 spiro atoms. The van der Waals surface area contributed by atoms with Crippen molar-refractivity contribution >= 4 is 29.0 Å². The molecule has 0 atom stereocenters. The van der Waals surface area contributed by atoms with E-state index in [0.717, 1.165) is 5.69 Å². The molecule has 0 bridgehead atoms. The molecule has 0 aliphatic heterocycles. The number of thiocarbonyl (C=S) groups is 1. The number of carbonyl (C=O) groups excluding carboxylic acids is 1. The van der Waals surface area contributed by atoms with Gasteiger partial charge in [-0.3, -0.25) is 0 Å². The van der Waals surface area contributed by atoms with E-state index in [-0.39, 0.29) is 0 Å². The summed E-state index contributed by atoms with van der Waals surface area (Å²) in [5.41, 5.74) is 1.80. The molecule has 5 heteroatoms. The van der Waals surface area contributed by atoms with E-state index in [0.29, 0.717) is 11.4 Å². The SMILES string of the molecule is COC(=O)c1c(N=C=S)cc(C)n1C. The van der Waals surface area contributed by atoms with Gasteiger partial charge in [-0.1, -0.05) is 0 Å². The van der Waals surface area contributed by atoms with Gasteiger partial charge in [-0.2, -0.15) is 4.99 Å². The van der Waals surface area contributed by atoms with E-state index in [2.05, 4.69) is 27.1 Å². The van der Waals surface area contributed by atoms with Crippen molar-refractivity contribution in [3.8, 4) is 0 Å². The highest BCUT2D eigenvalue weighted by atomic mass is 32.1. The Labute approximate surface area is 87.2 Å². The lowest BCUT2D eigenvalue weighted by atomic mass is 10.3. The second kappa shape index (κ2) is 4.17. The standard InChI is InChI=1S/C9H10N2O2S/c1-6-4-7(10-5-14)8(11(6)2)9(12)13-3/h4H,1-3H3. The lowest BCUT2D eigenvalue weighted by molar-refractivity contribution is 0.0590. The summed E-state index contributed by atoms with van der Waals surface area (Å²) in [6.45, 7) is 1.87. The lowest BCUT2D eigenvalue weighted by Crippen LogP contribution is -2.08. The van der Waals surface area contributed by atoms with Crippen LogP contribution in [0.4, 0.5) is 5.69 Å². The van der Waals surface area contributed by atoms with Crippen LogP contribution in [-0.4, -0.2) is 22.8 Å². The van der Waals surface area contributed by atoms with Crippen LogP contribution < -0.4 is 0 Å². The van der Waals surface area contributed by atoms with Crippen LogP contribution in [0.3, 0.4) is 0 Å². The summed E-state index contributed by atoms with van der Waals surface area (Å²) in [4.78, 5) is 15.2. The van der Waals surface area contributed by atoms with Gasteiger partial charge in [-0.25, -0.2) is 4.79 Å². The smallest absolute Gasteiger partial charge is 0.356 e. The summed E-state index contributed by atoms with van der Waals surface area (Å²) in [7, 11) is 3.10. The van der Waals surface area contributed by atoms with Crippen molar-refractivity contribution in [2.24, 2.45) is 12.0 Å². The van der Waals surface area contributed by atoms with Crippen LogP contribution in [-0.2, 0) is 11.8 Å². The highest BCUT2D eigenvalue weighted by Crippen LogP contribution is 2.23. The van der Waals surface area contributed by atoms with Crippen molar-refractivity contribution in [2.75, 3.05) is 7.11 Å². The summed E-state index contributed by atoms with van der Waals surface area (Å²) < 4.78 is 6.34. The maximum absolute atomic E-state index is 11.4. The Balaban J connectivity index is 3.36. The van der Waals surface area contributed by atoms with Crippen molar-refractivity contribution in [3.63, 3.8) is 0 Å². The third-order valence-electron chi connectivity index (χ3n) is 2.00. The minimum atomic E-state index is -0.426. The third kappa shape index (κ3) is 1.73. The maximum atomic E-state index is 11.4. The van der Waals surface area contributed by atoms with Gasteiger partial charge in [0, 0.05) is 12.7 Å². The number of aromatic nitrogens is 1. The highest BCUT2D eigenvalue weighted by Gasteiger charge is 2.17. The van der Waals surface area contributed by atoms with Gasteiger partial charge < -0.3 is 9.30 Å². The second-order valence-electron chi connectivity index (χ2n) is 2.77. The van der Waals surface area contributed by atoms with E-state index in [1.165, 1.54) is 7.11 Å². The fourth-order valence-electron chi connectivity index (χ4n) is 1.18. The van der Waals surface area contributed by atoms with Crippen LogP contribution >= 0.6 is 12.2 Å². The Morgan fingerprint density at radius 3 is 2.86 bits per heavy atom. The van der Waals surface area contributed by atoms with Crippen molar-refractivity contribution in [2.45, 2.75) is 6.92 Å². The predicted molar refractivity (Wildman–Crippen MR) is 56.2 cm³/mol. The number of hydrogen-bond acceptors (Lipinski definition) is 4. The van der Waals surface area contributed by atoms with E-state index in [1.807, 2.05) is 6.92 Å². The first kappa shape index (κ1) is 10.6. The molecule has 74 valence electrons. The first-order valence-electron chi connectivity index (χ1n) is 3.94.